The molecule has 1 aromatic rings. The molecule has 2 fully saturated rings. The molecule has 2 saturated heterocycles. The van der Waals surface area contributed by atoms with Gasteiger partial charge in [-0.25, -0.2) is 0 Å². The number of fused-ring (bicyclic) bond motifs is 2. The van der Waals surface area contributed by atoms with Gasteiger partial charge in [0.1, 0.15) is 0 Å². The molecular weight excluding hydrogens is 308 g/mol. The molecule has 0 spiro atoms. The Labute approximate surface area is 140 Å². The predicted octanol–water partition coefficient (Wildman–Crippen LogP) is 1.20. The van der Waals surface area contributed by atoms with Crippen LogP contribution in [0.15, 0.2) is 30.3 Å². The molecule has 2 amide bonds. The number of amides is 2. The fourth-order valence-corrected chi connectivity index (χ4v) is 4.31. The number of rotatable bonds is 5. The monoisotopic (exact) mass is 330 g/mol. The summed E-state index contributed by atoms with van der Waals surface area (Å²) in [5.41, 5.74) is 0.0394. The van der Waals surface area contributed by atoms with Gasteiger partial charge in [0.15, 0.2) is 0 Å². The van der Waals surface area contributed by atoms with Crippen LogP contribution in [-0.4, -0.2) is 46.4 Å². The summed E-state index contributed by atoms with van der Waals surface area (Å²) < 4.78 is 0. The average Bonchev–Trinajstić information content (AvgIpc) is 3.10. The second-order valence-corrected chi connectivity index (χ2v) is 6.79. The molecule has 0 unspecified atom stereocenters. The summed E-state index contributed by atoms with van der Waals surface area (Å²) in [4.78, 5) is 37.4. The van der Waals surface area contributed by atoms with Gasteiger partial charge in [0.05, 0.1) is 12.0 Å². The first kappa shape index (κ1) is 16.5. The summed E-state index contributed by atoms with van der Waals surface area (Å²) in [6.45, 7) is 1.30. The highest BCUT2D eigenvalue weighted by Crippen LogP contribution is 2.51. The van der Waals surface area contributed by atoms with Gasteiger partial charge in [-0.2, -0.15) is 0 Å². The quantitative estimate of drug-likeness (QED) is 0.849. The summed E-state index contributed by atoms with van der Waals surface area (Å²) in [6, 6.07) is 9.22. The first-order valence-corrected chi connectivity index (χ1v) is 8.27. The van der Waals surface area contributed by atoms with E-state index in [1.165, 1.54) is 6.92 Å². The highest BCUT2D eigenvalue weighted by Gasteiger charge is 2.61. The normalized spacial score (nSPS) is 28.0. The summed E-state index contributed by atoms with van der Waals surface area (Å²) in [6.07, 6.45) is 2.44. The summed E-state index contributed by atoms with van der Waals surface area (Å²) in [7, 11) is 0. The van der Waals surface area contributed by atoms with E-state index >= 15 is 0 Å². The number of carbonyl (C=O) groups excluding carboxylic acids is 2. The van der Waals surface area contributed by atoms with Gasteiger partial charge in [0.25, 0.3) is 0 Å². The fourth-order valence-electron chi connectivity index (χ4n) is 4.31. The van der Waals surface area contributed by atoms with E-state index in [2.05, 4.69) is 5.32 Å². The molecule has 0 aromatic heterocycles. The van der Waals surface area contributed by atoms with Crippen LogP contribution in [0.3, 0.4) is 0 Å². The van der Waals surface area contributed by atoms with Crippen LogP contribution in [0.1, 0.15) is 31.7 Å². The molecule has 3 rings (SSSR count). The first-order chi connectivity index (χ1) is 11.4. The van der Waals surface area contributed by atoms with Crippen molar-refractivity contribution in [2.75, 3.05) is 6.54 Å². The van der Waals surface area contributed by atoms with Gasteiger partial charge in [-0.15, -0.1) is 0 Å². The molecule has 0 saturated carbocycles. The molecule has 0 aliphatic carbocycles. The van der Waals surface area contributed by atoms with Gasteiger partial charge in [-0.3, -0.25) is 14.4 Å². The van der Waals surface area contributed by atoms with Crippen molar-refractivity contribution in [3.8, 4) is 0 Å². The number of carbonyl (C=O) groups is 3. The lowest BCUT2D eigenvalue weighted by atomic mass is 9.70. The number of hydrogen-bond donors (Lipinski definition) is 2. The lowest BCUT2D eigenvalue weighted by Crippen LogP contribution is -2.48. The Balaban J connectivity index is 1.83. The van der Waals surface area contributed by atoms with Crippen molar-refractivity contribution in [3.63, 3.8) is 0 Å². The van der Waals surface area contributed by atoms with Crippen molar-refractivity contribution in [2.24, 2.45) is 5.41 Å². The number of nitrogens with one attached hydrogen (secondary N) is 1. The molecular formula is C18H22N2O4. The molecule has 2 N–H and O–H groups in total. The lowest BCUT2D eigenvalue weighted by Gasteiger charge is -2.33. The maximum atomic E-state index is 12.5. The van der Waals surface area contributed by atoms with E-state index in [1.54, 1.807) is 4.90 Å². The van der Waals surface area contributed by atoms with Crippen molar-refractivity contribution >= 4 is 17.8 Å². The Morgan fingerprint density at radius 1 is 1.25 bits per heavy atom. The summed E-state index contributed by atoms with van der Waals surface area (Å²) >= 11 is 0. The van der Waals surface area contributed by atoms with Gasteiger partial charge in [-0.1, -0.05) is 30.3 Å². The van der Waals surface area contributed by atoms with E-state index in [4.69, 9.17) is 0 Å². The largest absolute Gasteiger partial charge is 0.481 e. The van der Waals surface area contributed by atoms with Gasteiger partial charge >= 0.3 is 5.97 Å². The van der Waals surface area contributed by atoms with E-state index in [-0.39, 0.29) is 30.4 Å². The Morgan fingerprint density at radius 2 is 1.96 bits per heavy atom. The number of nitrogens with zero attached hydrogens (tertiary/aromatic N) is 1. The third-order valence-corrected chi connectivity index (χ3v) is 5.31. The van der Waals surface area contributed by atoms with Gasteiger partial charge in [0.2, 0.25) is 11.8 Å². The Hall–Kier alpha value is -2.37. The molecule has 6 heteroatoms. The van der Waals surface area contributed by atoms with Crippen molar-refractivity contribution < 1.29 is 19.5 Å². The Morgan fingerprint density at radius 3 is 2.58 bits per heavy atom. The minimum absolute atomic E-state index is 0.0453. The SMILES string of the molecule is CC(=O)NCC(=O)N1[C@H]2CC[C@@H]1[C@](Cc1ccccc1)(C(=O)O)C2. The molecule has 2 aliphatic heterocycles. The minimum Gasteiger partial charge on any atom is -0.481 e. The maximum absolute atomic E-state index is 12.5. The number of carboxylic acid groups (broad SMARTS) is 1. The standard InChI is InChI=1S/C18H22N2O4/c1-12(21)19-11-16(22)20-14-7-8-15(20)18(10-14,17(23)24)9-13-5-3-2-4-6-13/h2-6,14-15H,7-11H2,1H3,(H,19,21)(H,23,24)/t14-,15+,18+/m0/s1. The lowest BCUT2D eigenvalue weighted by molar-refractivity contribution is -0.151. The molecule has 2 heterocycles. The topological polar surface area (TPSA) is 86.7 Å². The van der Waals surface area contributed by atoms with Crippen LogP contribution in [-0.2, 0) is 20.8 Å². The maximum Gasteiger partial charge on any atom is 0.312 e. The number of carboxylic acids is 1. The summed E-state index contributed by atoms with van der Waals surface area (Å²) in [5.74, 6) is -1.28. The van der Waals surface area contributed by atoms with E-state index in [9.17, 15) is 19.5 Å². The number of aliphatic carboxylic acids is 1. The zero-order valence-electron chi connectivity index (χ0n) is 13.7. The second-order valence-electron chi connectivity index (χ2n) is 6.79. The van der Waals surface area contributed by atoms with E-state index in [0.29, 0.717) is 19.3 Å². The van der Waals surface area contributed by atoms with Crippen LogP contribution in [0.2, 0.25) is 0 Å². The molecule has 2 aliphatic rings. The van der Waals surface area contributed by atoms with Crippen LogP contribution >= 0.6 is 0 Å². The fraction of sp³-hybridized carbons (Fsp3) is 0.500. The molecule has 24 heavy (non-hydrogen) atoms. The highest BCUT2D eigenvalue weighted by atomic mass is 16.4. The van der Waals surface area contributed by atoms with E-state index < -0.39 is 11.4 Å². The number of benzene rings is 1. The van der Waals surface area contributed by atoms with Crippen molar-refractivity contribution in [2.45, 2.75) is 44.7 Å². The molecule has 2 bridgehead atoms. The Kier molecular flexibility index (Phi) is 4.30. The zero-order chi connectivity index (χ0) is 17.3. The van der Waals surface area contributed by atoms with Crippen LogP contribution in [0.4, 0.5) is 0 Å². The number of hydrogen-bond acceptors (Lipinski definition) is 3. The van der Waals surface area contributed by atoms with Crippen LogP contribution < -0.4 is 5.32 Å². The molecule has 6 nitrogen and oxygen atoms in total. The Bertz CT molecular complexity index is 660. The minimum atomic E-state index is -0.934. The van der Waals surface area contributed by atoms with Crippen molar-refractivity contribution in [1.82, 2.24) is 10.2 Å². The third kappa shape index (κ3) is 2.77. The van der Waals surface area contributed by atoms with E-state index in [1.807, 2.05) is 30.3 Å². The third-order valence-electron chi connectivity index (χ3n) is 5.31. The van der Waals surface area contributed by atoms with Gasteiger partial charge < -0.3 is 15.3 Å². The molecule has 128 valence electrons. The van der Waals surface area contributed by atoms with E-state index in [0.717, 1.165) is 12.0 Å². The molecule has 3 atom stereocenters. The second kappa shape index (κ2) is 6.26. The van der Waals surface area contributed by atoms with Crippen LogP contribution in [0.25, 0.3) is 0 Å². The van der Waals surface area contributed by atoms with Gasteiger partial charge in [0, 0.05) is 19.0 Å². The average molecular weight is 330 g/mol. The van der Waals surface area contributed by atoms with Crippen LogP contribution in [0, 0.1) is 5.41 Å². The van der Waals surface area contributed by atoms with Gasteiger partial charge in [-0.05, 0) is 31.2 Å². The predicted molar refractivity (Wildman–Crippen MR) is 87.2 cm³/mol. The smallest absolute Gasteiger partial charge is 0.312 e. The zero-order valence-corrected chi connectivity index (χ0v) is 13.7. The van der Waals surface area contributed by atoms with Crippen molar-refractivity contribution in [3.05, 3.63) is 35.9 Å². The molecule has 0 radical (unpaired) electrons. The van der Waals surface area contributed by atoms with Crippen LogP contribution in [0.5, 0.6) is 0 Å². The highest BCUT2D eigenvalue weighted by molar-refractivity contribution is 5.86. The molecule has 1 aromatic carbocycles. The first-order valence-electron chi connectivity index (χ1n) is 8.27. The summed E-state index contributed by atoms with van der Waals surface area (Å²) in [5, 5.41) is 12.5. The van der Waals surface area contributed by atoms with Crippen molar-refractivity contribution in [1.29, 1.82) is 0 Å².